The summed E-state index contributed by atoms with van der Waals surface area (Å²) in [5.41, 5.74) is 2.45. The van der Waals surface area contributed by atoms with Gasteiger partial charge in [-0.1, -0.05) is 79.2 Å². The molecule has 1 aliphatic carbocycles. The number of hydrogen-bond acceptors (Lipinski definition) is 0. The lowest BCUT2D eigenvalue weighted by Crippen LogP contribution is -2.27. The Morgan fingerprint density at radius 3 is 1.94 bits per heavy atom. The lowest BCUT2D eigenvalue weighted by Gasteiger charge is -2.38. The van der Waals surface area contributed by atoms with Crippen molar-refractivity contribution in [2.45, 2.75) is 74.7 Å². The zero-order valence-corrected chi connectivity index (χ0v) is 13.9. The zero-order valence-electron chi connectivity index (χ0n) is 13.9. The van der Waals surface area contributed by atoms with Crippen LogP contribution in [-0.4, -0.2) is 0 Å². The van der Waals surface area contributed by atoms with Gasteiger partial charge in [-0.25, -0.2) is 0 Å². The Bertz CT molecular complexity index is 278. The summed E-state index contributed by atoms with van der Waals surface area (Å²) in [6, 6.07) is 0. The monoisotopic (exact) mass is 250 g/mol. The molecule has 0 nitrogen and oxygen atoms in total. The molecule has 0 aromatic heterocycles. The molecule has 0 radical (unpaired) electrons. The molecule has 0 aliphatic heterocycles. The summed E-state index contributed by atoms with van der Waals surface area (Å²) >= 11 is 0. The fourth-order valence-corrected chi connectivity index (χ4v) is 2.52. The van der Waals surface area contributed by atoms with Crippen LogP contribution in [0.4, 0.5) is 0 Å². The van der Waals surface area contributed by atoms with Crippen molar-refractivity contribution in [1.29, 1.82) is 0 Å². The highest BCUT2D eigenvalue weighted by molar-refractivity contribution is 5.21. The van der Waals surface area contributed by atoms with Crippen LogP contribution < -0.4 is 0 Å². The molecule has 0 amide bonds. The van der Waals surface area contributed by atoms with Crippen LogP contribution in [0.15, 0.2) is 23.8 Å². The molecule has 0 bridgehead atoms. The molecule has 0 N–H and O–H groups in total. The summed E-state index contributed by atoms with van der Waals surface area (Å²) < 4.78 is 0. The molecule has 1 unspecified atom stereocenters. The van der Waals surface area contributed by atoms with Crippen LogP contribution in [0.25, 0.3) is 0 Å². The topological polar surface area (TPSA) is 0 Å². The van der Waals surface area contributed by atoms with E-state index in [0.717, 1.165) is 5.92 Å². The van der Waals surface area contributed by atoms with Gasteiger partial charge < -0.3 is 0 Å². The Hall–Kier alpha value is -0.520. The van der Waals surface area contributed by atoms with Gasteiger partial charge in [0.2, 0.25) is 0 Å². The van der Waals surface area contributed by atoms with Crippen molar-refractivity contribution in [3.8, 4) is 0 Å². The Balaban J connectivity index is 0.00000137. The first kappa shape index (κ1) is 17.5. The van der Waals surface area contributed by atoms with Crippen LogP contribution >= 0.6 is 0 Å². The van der Waals surface area contributed by atoms with Crippen molar-refractivity contribution in [1.82, 2.24) is 0 Å². The van der Waals surface area contributed by atoms with E-state index in [4.69, 9.17) is 0 Å². The highest BCUT2D eigenvalue weighted by Crippen LogP contribution is 2.42. The highest BCUT2D eigenvalue weighted by Gasteiger charge is 2.31. The van der Waals surface area contributed by atoms with Crippen molar-refractivity contribution in [3.05, 3.63) is 23.8 Å². The quantitative estimate of drug-likeness (QED) is 0.533. The largest absolute Gasteiger partial charge is 0.0842 e. The molecule has 0 aromatic carbocycles. The Morgan fingerprint density at radius 2 is 1.61 bits per heavy atom. The van der Waals surface area contributed by atoms with Crippen LogP contribution in [0.1, 0.15) is 74.7 Å². The molecule has 0 fully saturated rings. The summed E-state index contributed by atoms with van der Waals surface area (Å²) in [6.07, 6.45) is 10.6. The fraction of sp³-hybridized carbons (Fsp3) is 0.778. The van der Waals surface area contributed by atoms with Crippen molar-refractivity contribution < 1.29 is 0 Å². The Labute approximate surface area is 116 Å². The van der Waals surface area contributed by atoms with E-state index in [1.54, 1.807) is 5.57 Å². The third-order valence-electron chi connectivity index (χ3n) is 3.36. The second-order valence-corrected chi connectivity index (χ2v) is 7.39. The van der Waals surface area contributed by atoms with Crippen molar-refractivity contribution in [2.75, 3.05) is 0 Å². The van der Waals surface area contributed by atoms with E-state index in [9.17, 15) is 0 Å². The zero-order chi connectivity index (χ0) is 14.4. The molecule has 0 heterocycles. The maximum Gasteiger partial charge on any atom is -0.0146 e. The smallest absolute Gasteiger partial charge is 0.0146 e. The maximum atomic E-state index is 2.38. The first-order valence-electron chi connectivity index (χ1n) is 7.56. The van der Waals surface area contributed by atoms with Gasteiger partial charge in [0.15, 0.2) is 0 Å². The van der Waals surface area contributed by atoms with E-state index in [2.05, 4.69) is 59.8 Å². The van der Waals surface area contributed by atoms with Gasteiger partial charge in [-0.2, -0.15) is 0 Å². The molecule has 0 spiro atoms. The minimum absolute atomic E-state index is 0.379. The van der Waals surface area contributed by atoms with Gasteiger partial charge in [0, 0.05) is 0 Å². The van der Waals surface area contributed by atoms with Gasteiger partial charge in [0.25, 0.3) is 0 Å². The Morgan fingerprint density at radius 1 is 1.06 bits per heavy atom. The van der Waals surface area contributed by atoms with E-state index < -0.39 is 0 Å². The van der Waals surface area contributed by atoms with Crippen LogP contribution in [-0.2, 0) is 0 Å². The third-order valence-corrected chi connectivity index (χ3v) is 3.36. The van der Waals surface area contributed by atoms with Gasteiger partial charge in [0.05, 0.1) is 0 Å². The average Bonchev–Trinajstić information content (AvgIpc) is 2.27. The summed E-state index contributed by atoms with van der Waals surface area (Å²) in [7, 11) is 0. The van der Waals surface area contributed by atoms with E-state index in [0.29, 0.717) is 10.8 Å². The van der Waals surface area contributed by atoms with Crippen LogP contribution in [0, 0.1) is 16.7 Å². The molecule has 0 heteroatoms. The second kappa shape index (κ2) is 7.16. The number of allylic oxidation sites excluding steroid dienone is 4. The normalized spacial score (nSPS) is 17.7. The van der Waals surface area contributed by atoms with E-state index in [1.807, 2.05) is 13.8 Å². The second-order valence-electron chi connectivity index (χ2n) is 7.39. The standard InChI is InChI=1S/C16H28.C2H6/c1-15(2,3)12-14(16(4,5)6)13-10-8-7-9-11-13;1-2/h7-8,10,14H,9,11-12H2,1-6H3;1-2H3. The molecular formula is C18H34. The number of rotatable bonds is 2. The van der Waals surface area contributed by atoms with Crippen molar-refractivity contribution >= 4 is 0 Å². The van der Waals surface area contributed by atoms with Crippen LogP contribution in [0.5, 0.6) is 0 Å². The molecule has 1 atom stereocenters. The lowest BCUT2D eigenvalue weighted by molar-refractivity contribution is 0.192. The van der Waals surface area contributed by atoms with Crippen molar-refractivity contribution in [3.63, 3.8) is 0 Å². The molecule has 18 heavy (non-hydrogen) atoms. The molecule has 1 rings (SSSR count). The van der Waals surface area contributed by atoms with Crippen LogP contribution in [0.2, 0.25) is 0 Å². The van der Waals surface area contributed by atoms with E-state index in [1.165, 1.54) is 19.3 Å². The highest BCUT2D eigenvalue weighted by atomic mass is 14.4. The maximum absolute atomic E-state index is 2.38. The van der Waals surface area contributed by atoms with Crippen molar-refractivity contribution in [2.24, 2.45) is 16.7 Å². The molecule has 0 saturated heterocycles. The van der Waals surface area contributed by atoms with Gasteiger partial charge in [-0.05, 0) is 36.0 Å². The minimum Gasteiger partial charge on any atom is -0.0842 e. The van der Waals surface area contributed by atoms with Crippen LogP contribution in [0.3, 0.4) is 0 Å². The molecule has 106 valence electrons. The SMILES string of the molecule is CC.CC(C)(C)CC(C1=CC=CCC1)C(C)(C)C. The molecule has 1 aliphatic rings. The molecular weight excluding hydrogens is 216 g/mol. The first-order valence-corrected chi connectivity index (χ1v) is 7.56. The first-order chi connectivity index (χ1) is 8.20. The van der Waals surface area contributed by atoms with E-state index >= 15 is 0 Å². The summed E-state index contributed by atoms with van der Waals surface area (Å²) in [5, 5.41) is 0. The summed E-state index contributed by atoms with van der Waals surface area (Å²) in [4.78, 5) is 0. The van der Waals surface area contributed by atoms with E-state index in [-0.39, 0.29) is 0 Å². The van der Waals surface area contributed by atoms with Gasteiger partial charge in [-0.15, -0.1) is 0 Å². The fourth-order valence-electron chi connectivity index (χ4n) is 2.52. The predicted molar refractivity (Wildman–Crippen MR) is 84.8 cm³/mol. The van der Waals surface area contributed by atoms with Gasteiger partial charge >= 0.3 is 0 Å². The third kappa shape index (κ3) is 6.42. The Kier molecular flexibility index (Phi) is 6.96. The average molecular weight is 250 g/mol. The minimum atomic E-state index is 0.379. The summed E-state index contributed by atoms with van der Waals surface area (Å²) in [5.74, 6) is 0.720. The predicted octanol–water partition coefficient (Wildman–Crippen LogP) is 6.39. The number of hydrogen-bond donors (Lipinski definition) is 0. The lowest BCUT2D eigenvalue weighted by atomic mass is 9.67. The van der Waals surface area contributed by atoms with Gasteiger partial charge in [-0.3, -0.25) is 0 Å². The summed E-state index contributed by atoms with van der Waals surface area (Å²) in [6.45, 7) is 18.2. The molecule has 0 aromatic rings. The van der Waals surface area contributed by atoms with Gasteiger partial charge in [0.1, 0.15) is 0 Å². The molecule has 0 saturated carbocycles.